The van der Waals surface area contributed by atoms with Crippen LogP contribution in [0.2, 0.25) is 0 Å². The van der Waals surface area contributed by atoms with Gasteiger partial charge in [0.05, 0.1) is 6.04 Å². The molecule has 90 valence electrons. The highest BCUT2D eigenvalue weighted by Gasteiger charge is 2.23. The van der Waals surface area contributed by atoms with Crippen LogP contribution >= 0.6 is 0 Å². The fourth-order valence-corrected chi connectivity index (χ4v) is 1.76. The van der Waals surface area contributed by atoms with Crippen molar-refractivity contribution >= 4 is 17.0 Å². The van der Waals surface area contributed by atoms with E-state index in [0.29, 0.717) is 12.1 Å². The van der Waals surface area contributed by atoms with Crippen molar-refractivity contribution in [3.63, 3.8) is 0 Å². The molecule has 1 saturated carbocycles. The molecule has 6 nitrogen and oxygen atoms in total. The van der Waals surface area contributed by atoms with Crippen LogP contribution < -0.4 is 5.32 Å². The molecule has 1 aliphatic carbocycles. The van der Waals surface area contributed by atoms with Crippen molar-refractivity contribution in [2.45, 2.75) is 45.2 Å². The molecule has 0 bridgehead atoms. The summed E-state index contributed by atoms with van der Waals surface area (Å²) >= 11 is 0. The first-order valence-electron chi connectivity index (χ1n) is 6.12. The zero-order valence-corrected chi connectivity index (χ0v) is 10.1. The van der Waals surface area contributed by atoms with Gasteiger partial charge in [0.15, 0.2) is 17.0 Å². The van der Waals surface area contributed by atoms with E-state index in [0.717, 1.165) is 23.4 Å². The van der Waals surface area contributed by atoms with Gasteiger partial charge in [0.2, 0.25) is 0 Å². The molecule has 2 heterocycles. The largest absolute Gasteiger partial charge is 0.365 e. The summed E-state index contributed by atoms with van der Waals surface area (Å²) in [5, 5.41) is 11.7. The lowest BCUT2D eigenvalue weighted by Crippen LogP contribution is -2.07. The predicted octanol–water partition coefficient (Wildman–Crippen LogP) is 1.77. The van der Waals surface area contributed by atoms with Gasteiger partial charge < -0.3 is 5.32 Å². The normalized spacial score (nSPS) is 17.3. The molecule has 0 radical (unpaired) electrons. The molecule has 0 amide bonds. The first kappa shape index (κ1) is 10.4. The van der Waals surface area contributed by atoms with Gasteiger partial charge in [-0.3, -0.25) is 0 Å². The average Bonchev–Trinajstić information content (AvgIpc) is 3.05. The van der Waals surface area contributed by atoms with E-state index < -0.39 is 0 Å². The van der Waals surface area contributed by atoms with Gasteiger partial charge >= 0.3 is 0 Å². The van der Waals surface area contributed by atoms with Crippen LogP contribution in [0, 0.1) is 0 Å². The van der Waals surface area contributed by atoms with Gasteiger partial charge in [-0.2, -0.15) is 0 Å². The summed E-state index contributed by atoms with van der Waals surface area (Å²) in [7, 11) is 0. The Labute approximate surface area is 99.4 Å². The Kier molecular flexibility index (Phi) is 2.42. The maximum atomic E-state index is 4.29. The summed E-state index contributed by atoms with van der Waals surface area (Å²) in [5.74, 6) is 0.812. The van der Waals surface area contributed by atoms with Crippen molar-refractivity contribution in [3.05, 3.63) is 6.33 Å². The second-order valence-corrected chi connectivity index (χ2v) is 4.60. The molecule has 0 spiro atoms. The molecular weight excluding hydrogens is 216 g/mol. The lowest BCUT2D eigenvalue weighted by Gasteiger charge is -2.08. The highest BCUT2D eigenvalue weighted by molar-refractivity contribution is 5.82. The van der Waals surface area contributed by atoms with Crippen LogP contribution in [0.25, 0.3) is 11.2 Å². The van der Waals surface area contributed by atoms with Crippen LogP contribution in [0.15, 0.2) is 6.33 Å². The zero-order chi connectivity index (χ0) is 11.8. The number of hydrogen-bond acceptors (Lipinski definition) is 5. The molecule has 3 rings (SSSR count). The molecule has 0 saturated heterocycles. The molecule has 0 aliphatic heterocycles. The average molecular weight is 232 g/mol. The number of nitrogens with one attached hydrogen (secondary N) is 1. The minimum absolute atomic E-state index is 0.309. The molecular formula is C11H16N6. The summed E-state index contributed by atoms with van der Waals surface area (Å²) in [6.07, 6.45) is 5.01. The monoisotopic (exact) mass is 232 g/mol. The van der Waals surface area contributed by atoms with Crippen LogP contribution in [0.4, 0.5) is 5.82 Å². The van der Waals surface area contributed by atoms with Gasteiger partial charge in [0.1, 0.15) is 6.33 Å². The Morgan fingerprint density at radius 2 is 2.29 bits per heavy atom. The number of aromatic nitrogens is 5. The maximum absolute atomic E-state index is 4.29. The van der Waals surface area contributed by atoms with Gasteiger partial charge in [-0.25, -0.2) is 14.6 Å². The fraction of sp³-hybridized carbons (Fsp3) is 0.636. The fourth-order valence-electron chi connectivity index (χ4n) is 1.76. The van der Waals surface area contributed by atoms with Crippen LogP contribution in [-0.2, 0) is 0 Å². The molecule has 2 aromatic rings. The van der Waals surface area contributed by atoms with E-state index in [-0.39, 0.29) is 0 Å². The molecule has 6 heteroatoms. The van der Waals surface area contributed by atoms with Crippen molar-refractivity contribution < 1.29 is 0 Å². The van der Waals surface area contributed by atoms with Crippen LogP contribution in [0.1, 0.15) is 39.2 Å². The van der Waals surface area contributed by atoms with Crippen molar-refractivity contribution in [3.8, 4) is 0 Å². The quantitative estimate of drug-likeness (QED) is 0.870. The predicted molar refractivity (Wildman–Crippen MR) is 64.8 cm³/mol. The minimum Gasteiger partial charge on any atom is -0.365 e. The van der Waals surface area contributed by atoms with E-state index in [2.05, 4.69) is 39.4 Å². The summed E-state index contributed by atoms with van der Waals surface area (Å²) in [4.78, 5) is 8.53. The molecule has 1 N–H and O–H groups in total. The lowest BCUT2D eigenvalue weighted by atomic mass is 10.3. The van der Waals surface area contributed by atoms with Crippen LogP contribution in [-0.4, -0.2) is 31.0 Å². The Bertz CT molecular complexity index is 530. The first-order chi connectivity index (χ1) is 8.29. The Hall–Kier alpha value is -1.72. The molecule has 1 aliphatic rings. The Morgan fingerprint density at radius 3 is 3.00 bits per heavy atom. The standard InChI is InChI=1S/C11H16N6/c1-3-7(2)17-11-9(15-16-17)10(12-6-13-11)14-8-4-5-8/h6-8H,3-5H2,1-2H3,(H,12,13,14). The van der Waals surface area contributed by atoms with Crippen molar-refractivity contribution in [2.75, 3.05) is 5.32 Å². The molecule has 1 atom stereocenters. The van der Waals surface area contributed by atoms with Crippen molar-refractivity contribution in [1.29, 1.82) is 0 Å². The van der Waals surface area contributed by atoms with E-state index in [9.17, 15) is 0 Å². The highest BCUT2D eigenvalue weighted by Crippen LogP contribution is 2.27. The smallest absolute Gasteiger partial charge is 0.184 e. The number of hydrogen-bond donors (Lipinski definition) is 1. The maximum Gasteiger partial charge on any atom is 0.184 e. The highest BCUT2D eigenvalue weighted by atomic mass is 15.5. The van der Waals surface area contributed by atoms with Gasteiger partial charge in [0, 0.05) is 6.04 Å². The number of anilines is 1. The SMILES string of the molecule is CCC(C)n1nnc2c(NC3CC3)ncnc21. The summed E-state index contributed by atoms with van der Waals surface area (Å²) < 4.78 is 1.87. The lowest BCUT2D eigenvalue weighted by molar-refractivity contribution is 0.475. The second-order valence-electron chi connectivity index (χ2n) is 4.60. The minimum atomic E-state index is 0.309. The summed E-state index contributed by atoms with van der Waals surface area (Å²) in [5.41, 5.74) is 1.59. The third kappa shape index (κ3) is 1.83. The second kappa shape index (κ2) is 3.94. The van der Waals surface area contributed by atoms with Gasteiger partial charge in [-0.05, 0) is 26.2 Å². The number of rotatable bonds is 4. The van der Waals surface area contributed by atoms with Crippen LogP contribution in [0.5, 0.6) is 0 Å². The third-order valence-corrected chi connectivity index (χ3v) is 3.19. The van der Waals surface area contributed by atoms with Gasteiger partial charge in [0.25, 0.3) is 0 Å². The van der Waals surface area contributed by atoms with Gasteiger partial charge in [-0.15, -0.1) is 5.10 Å². The Morgan fingerprint density at radius 1 is 1.47 bits per heavy atom. The molecule has 1 unspecified atom stereocenters. The Balaban J connectivity index is 2.04. The summed E-state index contributed by atoms with van der Waals surface area (Å²) in [6.45, 7) is 4.24. The zero-order valence-electron chi connectivity index (χ0n) is 10.1. The molecule has 0 aromatic carbocycles. The number of nitrogens with zero attached hydrogens (tertiary/aromatic N) is 5. The van der Waals surface area contributed by atoms with Gasteiger partial charge in [-0.1, -0.05) is 12.1 Å². The topological polar surface area (TPSA) is 68.5 Å². The van der Waals surface area contributed by atoms with Crippen molar-refractivity contribution in [2.24, 2.45) is 0 Å². The van der Waals surface area contributed by atoms with E-state index in [1.165, 1.54) is 12.8 Å². The van der Waals surface area contributed by atoms with Crippen LogP contribution in [0.3, 0.4) is 0 Å². The molecule has 1 fully saturated rings. The molecule has 17 heavy (non-hydrogen) atoms. The summed E-state index contributed by atoms with van der Waals surface area (Å²) in [6, 6.07) is 0.866. The first-order valence-corrected chi connectivity index (χ1v) is 6.12. The number of fused-ring (bicyclic) bond motifs is 1. The van der Waals surface area contributed by atoms with E-state index in [4.69, 9.17) is 0 Å². The molecule has 2 aromatic heterocycles. The van der Waals surface area contributed by atoms with E-state index in [1.54, 1.807) is 6.33 Å². The van der Waals surface area contributed by atoms with E-state index in [1.807, 2.05) is 4.68 Å². The van der Waals surface area contributed by atoms with E-state index >= 15 is 0 Å². The van der Waals surface area contributed by atoms with Crippen molar-refractivity contribution in [1.82, 2.24) is 25.0 Å². The third-order valence-electron chi connectivity index (χ3n) is 3.19.